The van der Waals surface area contributed by atoms with Gasteiger partial charge in [0.1, 0.15) is 0 Å². The van der Waals surface area contributed by atoms with Crippen molar-refractivity contribution >= 4 is 10.8 Å². The van der Waals surface area contributed by atoms with Crippen molar-refractivity contribution in [2.45, 2.75) is 12.1 Å². The van der Waals surface area contributed by atoms with Gasteiger partial charge in [-0.2, -0.15) is 0 Å². The van der Waals surface area contributed by atoms with Gasteiger partial charge < -0.3 is 10.6 Å². The highest BCUT2D eigenvalue weighted by molar-refractivity contribution is 5.86. The Hall–Kier alpha value is -1.42. The van der Waals surface area contributed by atoms with Gasteiger partial charge in [0.2, 0.25) is 0 Å². The minimum Gasteiger partial charge on any atom is -0.323 e. The molecule has 0 saturated carbocycles. The Labute approximate surface area is 121 Å². The molecule has 2 aromatic rings. The molecule has 0 aliphatic carbocycles. The lowest BCUT2D eigenvalue weighted by Crippen LogP contribution is -2.54. The van der Waals surface area contributed by atoms with Gasteiger partial charge >= 0.3 is 0 Å². The lowest BCUT2D eigenvalue weighted by Gasteiger charge is -2.41. The zero-order valence-corrected chi connectivity index (χ0v) is 12.3. The molecule has 1 aliphatic rings. The Morgan fingerprint density at radius 2 is 1.80 bits per heavy atom. The second-order valence-electron chi connectivity index (χ2n) is 5.90. The molecule has 20 heavy (non-hydrogen) atoms. The molecular weight excluding hydrogens is 246 g/mol. The number of fused-ring (bicyclic) bond motifs is 1. The number of benzene rings is 2. The summed E-state index contributed by atoms with van der Waals surface area (Å²) < 4.78 is 0. The summed E-state index contributed by atoms with van der Waals surface area (Å²) in [5.74, 6) is 0. The van der Waals surface area contributed by atoms with E-state index in [-0.39, 0.29) is 6.04 Å². The topological polar surface area (TPSA) is 32.5 Å². The van der Waals surface area contributed by atoms with E-state index in [1.165, 1.54) is 16.3 Å². The van der Waals surface area contributed by atoms with Crippen LogP contribution in [0.25, 0.3) is 10.8 Å². The van der Waals surface area contributed by atoms with Crippen LogP contribution in [0.4, 0.5) is 0 Å². The van der Waals surface area contributed by atoms with E-state index < -0.39 is 0 Å². The molecule has 1 fully saturated rings. The number of hydrogen-bond donors (Lipinski definition) is 1. The SMILES string of the molecule is CN1CCN(C)C(C(N)c2cccc3ccccc23)C1. The van der Waals surface area contributed by atoms with Gasteiger partial charge in [0.15, 0.2) is 0 Å². The van der Waals surface area contributed by atoms with E-state index in [0.29, 0.717) is 6.04 Å². The molecule has 3 heteroatoms. The Morgan fingerprint density at radius 1 is 1.05 bits per heavy atom. The van der Waals surface area contributed by atoms with E-state index in [4.69, 9.17) is 5.73 Å². The third kappa shape index (κ3) is 2.44. The maximum absolute atomic E-state index is 6.62. The monoisotopic (exact) mass is 269 g/mol. The van der Waals surface area contributed by atoms with Crippen LogP contribution in [0.3, 0.4) is 0 Å². The summed E-state index contributed by atoms with van der Waals surface area (Å²) in [7, 11) is 4.36. The van der Waals surface area contributed by atoms with Gasteiger partial charge in [-0.15, -0.1) is 0 Å². The molecule has 2 atom stereocenters. The normalized spacial score (nSPS) is 23.1. The molecule has 3 rings (SSSR count). The zero-order valence-electron chi connectivity index (χ0n) is 12.3. The summed E-state index contributed by atoms with van der Waals surface area (Å²) in [6, 6.07) is 15.4. The first-order valence-corrected chi connectivity index (χ1v) is 7.29. The summed E-state index contributed by atoms with van der Waals surface area (Å²) in [5, 5.41) is 2.55. The van der Waals surface area contributed by atoms with Crippen molar-refractivity contribution < 1.29 is 0 Å². The van der Waals surface area contributed by atoms with Crippen LogP contribution in [0.1, 0.15) is 11.6 Å². The van der Waals surface area contributed by atoms with Gasteiger partial charge in [0.05, 0.1) is 0 Å². The maximum Gasteiger partial charge on any atom is 0.0471 e. The number of nitrogens with zero attached hydrogens (tertiary/aromatic N) is 2. The molecule has 3 nitrogen and oxygen atoms in total. The highest BCUT2D eigenvalue weighted by atomic mass is 15.3. The summed E-state index contributed by atoms with van der Waals surface area (Å²) in [4.78, 5) is 4.77. The van der Waals surface area contributed by atoms with E-state index >= 15 is 0 Å². The predicted octanol–water partition coefficient (Wildman–Crippen LogP) is 2.09. The lowest BCUT2D eigenvalue weighted by molar-refractivity contribution is 0.0977. The number of hydrogen-bond acceptors (Lipinski definition) is 3. The average Bonchev–Trinajstić information content (AvgIpc) is 2.48. The molecule has 0 bridgehead atoms. The lowest BCUT2D eigenvalue weighted by atomic mass is 9.93. The zero-order chi connectivity index (χ0) is 14.1. The number of nitrogens with two attached hydrogens (primary N) is 1. The van der Waals surface area contributed by atoms with Crippen LogP contribution in [0.5, 0.6) is 0 Å². The van der Waals surface area contributed by atoms with Crippen LogP contribution in [0, 0.1) is 0 Å². The van der Waals surface area contributed by atoms with Crippen molar-refractivity contribution in [3.8, 4) is 0 Å². The molecule has 0 radical (unpaired) electrons. The van der Waals surface area contributed by atoms with Crippen LogP contribution in [-0.2, 0) is 0 Å². The molecule has 2 N–H and O–H groups in total. The molecule has 0 amide bonds. The first-order chi connectivity index (χ1) is 9.66. The van der Waals surface area contributed by atoms with Crippen LogP contribution < -0.4 is 5.73 Å². The second-order valence-corrected chi connectivity index (χ2v) is 5.90. The quantitative estimate of drug-likeness (QED) is 0.906. The van der Waals surface area contributed by atoms with Gasteiger partial charge in [0, 0.05) is 31.7 Å². The summed E-state index contributed by atoms with van der Waals surface area (Å²) in [6.45, 7) is 3.23. The molecule has 2 unspecified atom stereocenters. The number of piperazine rings is 1. The van der Waals surface area contributed by atoms with Crippen LogP contribution in [0.2, 0.25) is 0 Å². The van der Waals surface area contributed by atoms with E-state index in [9.17, 15) is 0 Å². The molecular formula is C17H23N3. The van der Waals surface area contributed by atoms with Crippen LogP contribution >= 0.6 is 0 Å². The summed E-state index contributed by atoms with van der Waals surface area (Å²) in [5.41, 5.74) is 7.88. The summed E-state index contributed by atoms with van der Waals surface area (Å²) in [6.07, 6.45) is 0. The van der Waals surface area contributed by atoms with E-state index in [2.05, 4.69) is 66.4 Å². The Kier molecular flexibility index (Phi) is 3.74. The Morgan fingerprint density at radius 3 is 2.65 bits per heavy atom. The van der Waals surface area contributed by atoms with Crippen molar-refractivity contribution in [1.29, 1.82) is 0 Å². The van der Waals surface area contributed by atoms with Crippen molar-refractivity contribution in [1.82, 2.24) is 9.80 Å². The maximum atomic E-state index is 6.62. The van der Waals surface area contributed by atoms with Gasteiger partial charge in [-0.1, -0.05) is 42.5 Å². The van der Waals surface area contributed by atoms with Gasteiger partial charge in [-0.05, 0) is 30.4 Å². The van der Waals surface area contributed by atoms with Gasteiger partial charge in [-0.25, -0.2) is 0 Å². The van der Waals surface area contributed by atoms with Crippen molar-refractivity contribution in [2.75, 3.05) is 33.7 Å². The fourth-order valence-corrected chi connectivity index (χ4v) is 3.18. The molecule has 106 valence electrons. The van der Waals surface area contributed by atoms with Crippen molar-refractivity contribution in [2.24, 2.45) is 5.73 Å². The molecule has 1 saturated heterocycles. The van der Waals surface area contributed by atoms with Gasteiger partial charge in [0.25, 0.3) is 0 Å². The first kappa shape index (κ1) is 13.6. The summed E-state index contributed by atoms with van der Waals surface area (Å²) >= 11 is 0. The molecule has 2 aromatic carbocycles. The third-order valence-electron chi connectivity index (χ3n) is 4.50. The van der Waals surface area contributed by atoms with E-state index in [1.807, 2.05) is 0 Å². The Balaban J connectivity index is 1.97. The molecule has 1 heterocycles. The largest absolute Gasteiger partial charge is 0.323 e. The second kappa shape index (κ2) is 5.52. The smallest absolute Gasteiger partial charge is 0.0471 e. The Bertz CT molecular complexity index is 590. The number of rotatable bonds is 2. The first-order valence-electron chi connectivity index (χ1n) is 7.29. The van der Waals surface area contributed by atoms with Gasteiger partial charge in [-0.3, -0.25) is 4.90 Å². The minimum atomic E-state index is 0.0499. The minimum absolute atomic E-state index is 0.0499. The van der Waals surface area contributed by atoms with Crippen molar-refractivity contribution in [3.05, 3.63) is 48.0 Å². The average molecular weight is 269 g/mol. The molecule has 0 spiro atoms. The fraction of sp³-hybridized carbons (Fsp3) is 0.412. The van der Waals surface area contributed by atoms with Crippen molar-refractivity contribution in [3.63, 3.8) is 0 Å². The standard InChI is InChI=1S/C17H23N3/c1-19-10-11-20(2)16(12-19)17(18)15-9-5-7-13-6-3-4-8-14(13)15/h3-9,16-17H,10-12,18H2,1-2H3. The van der Waals surface area contributed by atoms with E-state index in [1.54, 1.807) is 0 Å². The van der Waals surface area contributed by atoms with E-state index in [0.717, 1.165) is 19.6 Å². The third-order valence-corrected chi connectivity index (χ3v) is 4.50. The predicted molar refractivity (Wildman–Crippen MR) is 84.8 cm³/mol. The fourth-order valence-electron chi connectivity index (χ4n) is 3.18. The highest BCUT2D eigenvalue weighted by Gasteiger charge is 2.29. The van der Waals surface area contributed by atoms with Crippen LogP contribution in [-0.4, -0.2) is 49.6 Å². The molecule has 1 aliphatic heterocycles. The number of likely N-dealkylation sites (N-methyl/N-ethyl adjacent to an activating group) is 2. The highest BCUT2D eigenvalue weighted by Crippen LogP contribution is 2.27. The molecule has 0 aromatic heterocycles. The van der Waals surface area contributed by atoms with Crippen LogP contribution in [0.15, 0.2) is 42.5 Å².